The maximum Gasteiger partial charge on any atom is 0.255 e. The zero-order valence-corrected chi connectivity index (χ0v) is 15.6. The molecule has 1 aliphatic heterocycles. The van der Waals surface area contributed by atoms with Crippen LogP contribution in [0.15, 0.2) is 48.8 Å². The molecule has 27 heavy (non-hydrogen) atoms. The number of benzene rings is 1. The lowest BCUT2D eigenvalue weighted by Crippen LogP contribution is -2.33. The van der Waals surface area contributed by atoms with Crippen LogP contribution in [0.2, 0.25) is 0 Å². The van der Waals surface area contributed by atoms with Crippen LogP contribution in [0.25, 0.3) is 0 Å². The first-order valence-electron chi connectivity index (χ1n) is 9.35. The van der Waals surface area contributed by atoms with E-state index < -0.39 is 0 Å². The van der Waals surface area contributed by atoms with Crippen LogP contribution in [0.5, 0.6) is 0 Å². The molecule has 0 spiro atoms. The van der Waals surface area contributed by atoms with Crippen molar-refractivity contribution in [3.05, 3.63) is 65.5 Å². The van der Waals surface area contributed by atoms with E-state index in [2.05, 4.69) is 10.3 Å². The van der Waals surface area contributed by atoms with E-state index in [1.165, 1.54) is 12.4 Å². The Morgan fingerprint density at radius 2 is 2.00 bits per heavy atom. The summed E-state index contributed by atoms with van der Waals surface area (Å²) in [5.41, 5.74) is 1.86. The van der Waals surface area contributed by atoms with Gasteiger partial charge < -0.3 is 15.0 Å². The topological polar surface area (TPSA) is 71.5 Å². The highest BCUT2D eigenvalue weighted by Gasteiger charge is 2.19. The first-order chi connectivity index (χ1) is 13.2. The quantitative estimate of drug-likeness (QED) is 0.817. The molecule has 1 fully saturated rings. The standard InChI is InChI=1S/C21H25N3O3/c1-2-24(15-16-7-4-3-5-8-16)21(26)18-11-17(12-22-13-18)20(25)23-14-19-9-6-10-27-19/h3-5,7-8,11-13,19H,2,6,9-10,14-15H2,1H3,(H,23,25). The Labute approximate surface area is 159 Å². The Balaban J connectivity index is 1.65. The zero-order valence-electron chi connectivity index (χ0n) is 15.6. The van der Waals surface area contributed by atoms with Crippen molar-refractivity contribution < 1.29 is 14.3 Å². The molecule has 0 bridgehead atoms. The molecule has 1 unspecified atom stereocenters. The number of hydrogen-bond donors (Lipinski definition) is 1. The van der Waals surface area contributed by atoms with E-state index in [4.69, 9.17) is 4.74 Å². The Morgan fingerprint density at radius 3 is 2.70 bits per heavy atom. The maximum atomic E-state index is 12.9. The summed E-state index contributed by atoms with van der Waals surface area (Å²) >= 11 is 0. The minimum atomic E-state index is -0.237. The van der Waals surface area contributed by atoms with Crippen molar-refractivity contribution >= 4 is 11.8 Å². The van der Waals surface area contributed by atoms with Gasteiger partial charge in [0.2, 0.25) is 0 Å². The fourth-order valence-electron chi connectivity index (χ4n) is 3.11. The first-order valence-corrected chi connectivity index (χ1v) is 9.35. The van der Waals surface area contributed by atoms with Gasteiger partial charge in [0, 0.05) is 38.6 Å². The van der Waals surface area contributed by atoms with Crippen molar-refractivity contribution in [2.75, 3.05) is 19.7 Å². The molecular formula is C21H25N3O3. The molecule has 0 saturated carbocycles. The number of aromatic nitrogens is 1. The normalized spacial score (nSPS) is 16.1. The van der Waals surface area contributed by atoms with Gasteiger partial charge in [-0.25, -0.2) is 0 Å². The number of carbonyl (C=O) groups excluding carboxylic acids is 2. The molecule has 2 heterocycles. The van der Waals surface area contributed by atoms with Crippen LogP contribution < -0.4 is 5.32 Å². The molecule has 142 valence electrons. The predicted molar refractivity (Wildman–Crippen MR) is 102 cm³/mol. The van der Waals surface area contributed by atoms with E-state index in [1.807, 2.05) is 37.3 Å². The average Bonchev–Trinajstić information content (AvgIpc) is 3.24. The van der Waals surface area contributed by atoms with Crippen LogP contribution >= 0.6 is 0 Å². The van der Waals surface area contributed by atoms with E-state index in [1.54, 1.807) is 11.0 Å². The monoisotopic (exact) mass is 367 g/mol. The number of rotatable bonds is 7. The molecule has 1 atom stereocenters. The lowest BCUT2D eigenvalue weighted by atomic mass is 10.1. The van der Waals surface area contributed by atoms with Crippen LogP contribution in [-0.2, 0) is 11.3 Å². The van der Waals surface area contributed by atoms with E-state index in [9.17, 15) is 9.59 Å². The highest BCUT2D eigenvalue weighted by Crippen LogP contribution is 2.13. The summed E-state index contributed by atoms with van der Waals surface area (Å²) < 4.78 is 5.51. The molecule has 3 rings (SSSR count). The molecule has 0 radical (unpaired) electrons. The van der Waals surface area contributed by atoms with Crippen LogP contribution in [-0.4, -0.2) is 47.5 Å². The van der Waals surface area contributed by atoms with Gasteiger partial charge in [0.1, 0.15) is 0 Å². The number of amides is 2. The van der Waals surface area contributed by atoms with Gasteiger partial charge in [-0.2, -0.15) is 0 Å². The van der Waals surface area contributed by atoms with E-state index >= 15 is 0 Å². The van der Waals surface area contributed by atoms with Gasteiger partial charge >= 0.3 is 0 Å². The lowest BCUT2D eigenvalue weighted by molar-refractivity contribution is 0.0752. The molecule has 1 aromatic heterocycles. The van der Waals surface area contributed by atoms with Crippen LogP contribution in [0.1, 0.15) is 46.0 Å². The summed E-state index contributed by atoms with van der Waals surface area (Å²) in [5.74, 6) is -0.374. The third-order valence-corrected chi connectivity index (χ3v) is 4.65. The smallest absolute Gasteiger partial charge is 0.255 e. The SMILES string of the molecule is CCN(Cc1ccccc1)C(=O)c1cncc(C(=O)NCC2CCCO2)c1. The number of pyridine rings is 1. The van der Waals surface area contributed by atoms with Crippen molar-refractivity contribution in [2.45, 2.75) is 32.4 Å². The van der Waals surface area contributed by atoms with Gasteiger partial charge in [-0.3, -0.25) is 14.6 Å². The summed E-state index contributed by atoms with van der Waals surface area (Å²) in [4.78, 5) is 31.1. The van der Waals surface area contributed by atoms with Crippen LogP contribution in [0.3, 0.4) is 0 Å². The molecule has 0 aliphatic carbocycles. The Kier molecular flexibility index (Phi) is 6.54. The van der Waals surface area contributed by atoms with E-state index in [0.29, 0.717) is 30.8 Å². The molecule has 1 N–H and O–H groups in total. The third kappa shape index (κ3) is 5.14. The van der Waals surface area contributed by atoms with E-state index in [0.717, 1.165) is 25.0 Å². The summed E-state index contributed by atoms with van der Waals surface area (Å²) in [7, 11) is 0. The molecule has 1 aromatic carbocycles. The van der Waals surface area contributed by atoms with Gasteiger partial charge in [0.15, 0.2) is 0 Å². The second-order valence-corrected chi connectivity index (χ2v) is 6.61. The first kappa shape index (κ1) is 19.0. The summed E-state index contributed by atoms with van der Waals surface area (Å²) in [6, 6.07) is 11.4. The molecular weight excluding hydrogens is 342 g/mol. The van der Waals surface area contributed by atoms with Gasteiger partial charge in [0.25, 0.3) is 11.8 Å². The zero-order chi connectivity index (χ0) is 19.1. The fraction of sp³-hybridized carbons (Fsp3) is 0.381. The largest absolute Gasteiger partial charge is 0.376 e. The van der Waals surface area contributed by atoms with Crippen LogP contribution in [0, 0.1) is 0 Å². The molecule has 6 heteroatoms. The van der Waals surface area contributed by atoms with Gasteiger partial charge in [0.05, 0.1) is 17.2 Å². The van der Waals surface area contributed by atoms with E-state index in [-0.39, 0.29) is 17.9 Å². The summed E-state index contributed by atoms with van der Waals surface area (Å²) in [6.07, 6.45) is 5.05. The highest BCUT2D eigenvalue weighted by molar-refractivity contribution is 5.99. The Bertz CT molecular complexity index is 773. The predicted octanol–water partition coefficient (Wildman–Crippen LogP) is 2.65. The van der Waals surface area contributed by atoms with Crippen molar-refractivity contribution in [3.8, 4) is 0 Å². The minimum absolute atomic E-state index is 0.0770. The number of ether oxygens (including phenoxy) is 1. The molecule has 6 nitrogen and oxygen atoms in total. The lowest BCUT2D eigenvalue weighted by Gasteiger charge is -2.21. The van der Waals surface area contributed by atoms with Crippen molar-refractivity contribution in [2.24, 2.45) is 0 Å². The minimum Gasteiger partial charge on any atom is -0.376 e. The van der Waals surface area contributed by atoms with Crippen molar-refractivity contribution in [1.82, 2.24) is 15.2 Å². The van der Waals surface area contributed by atoms with Crippen molar-refractivity contribution in [1.29, 1.82) is 0 Å². The Hall–Kier alpha value is -2.73. The van der Waals surface area contributed by atoms with Gasteiger partial charge in [-0.15, -0.1) is 0 Å². The third-order valence-electron chi connectivity index (χ3n) is 4.65. The molecule has 1 saturated heterocycles. The average molecular weight is 367 g/mol. The number of nitrogens with one attached hydrogen (secondary N) is 1. The summed E-state index contributed by atoms with van der Waals surface area (Å²) in [5, 5.41) is 2.86. The fourth-order valence-corrected chi connectivity index (χ4v) is 3.11. The number of carbonyl (C=O) groups is 2. The van der Waals surface area contributed by atoms with Crippen molar-refractivity contribution in [3.63, 3.8) is 0 Å². The molecule has 2 aromatic rings. The second-order valence-electron chi connectivity index (χ2n) is 6.61. The van der Waals surface area contributed by atoms with Gasteiger partial charge in [-0.05, 0) is 31.4 Å². The van der Waals surface area contributed by atoms with Gasteiger partial charge in [-0.1, -0.05) is 30.3 Å². The maximum absolute atomic E-state index is 12.9. The molecule has 2 amide bonds. The number of nitrogens with zero attached hydrogens (tertiary/aromatic N) is 2. The second kappa shape index (κ2) is 9.28. The highest BCUT2D eigenvalue weighted by atomic mass is 16.5. The van der Waals surface area contributed by atoms with Crippen LogP contribution in [0.4, 0.5) is 0 Å². The number of hydrogen-bond acceptors (Lipinski definition) is 4. The molecule has 1 aliphatic rings. The summed E-state index contributed by atoms with van der Waals surface area (Å²) in [6.45, 7) is 4.26. The Morgan fingerprint density at radius 1 is 1.22 bits per heavy atom.